The highest BCUT2D eigenvalue weighted by molar-refractivity contribution is 7.92. The summed E-state index contributed by atoms with van der Waals surface area (Å²) in [5.74, 6) is 0.219. The highest BCUT2D eigenvalue weighted by Gasteiger charge is 2.21. The van der Waals surface area contributed by atoms with E-state index in [1.54, 1.807) is 42.6 Å². The summed E-state index contributed by atoms with van der Waals surface area (Å²) in [5.41, 5.74) is 2.57. The number of hydrogen-bond donors (Lipinski definition) is 2. The average molecular weight is 498 g/mol. The molecule has 0 fully saturated rings. The van der Waals surface area contributed by atoms with Crippen LogP contribution >= 0.6 is 22.9 Å². The first kappa shape index (κ1) is 22.8. The predicted molar refractivity (Wildman–Crippen MR) is 135 cm³/mol. The normalized spacial score (nSPS) is 11.1. The summed E-state index contributed by atoms with van der Waals surface area (Å²) in [4.78, 5) is 5.30. The number of aromatic nitrogens is 1. The second-order valence-electron chi connectivity index (χ2n) is 6.98. The SMILES string of the molecule is C=C(Nc1ccc(OC)c(S(=O)(=O)Nc2ccc(Cl)cc2)c1)c1cnc(-c2ccccc2)s1. The summed E-state index contributed by atoms with van der Waals surface area (Å²) in [6, 6.07) is 21.1. The summed E-state index contributed by atoms with van der Waals surface area (Å²) in [6.07, 6.45) is 1.74. The molecule has 0 aliphatic carbocycles. The predicted octanol–water partition coefficient (Wildman–Crippen LogP) is 6.36. The number of ether oxygens (including phenoxy) is 1. The molecule has 1 aromatic heterocycles. The molecule has 168 valence electrons. The fraction of sp³-hybridized carbons (Fsp3) is 0.0417. The molecule has 0 unspecified atom stereocenters. The van der Waals surface area contributed by atoms with Gasteiger partial charge in [0, 0.05) is 28.2 Å². The van der Waals surface area contributed by atoms with E-state index in [-0.39, 0.29) is 10.6 Å². The molecule has 6 nitrogen and oxygen atoms in total. The molecule has 0 aliphatic rings. The van der Waals surface area contributed by atoms with Gasteiger partial charge in [-0.05, 0) is 42.5 Å². The van der Waals surface area contributed by atoms with Gasteiger partial charge in [-0.1, -0.05) is 48.5 Å². The fourth-order valence-electron chi connectivity index (χ4n) is 3.06. The molecule has 0 spiro atoms. The quantitative estimate of drug-likeness (QED) is 0.296. The molecule has 0 amide bonds. The van der Waals surface area contributed by atoms with Crippen molar-refractivity contribution < 1.29 is 13.2 Å². The highest BCUT2D eigenvalue weighted by Crippen LogP contribution is 2.32. The lowest BCUT2D eigenvalue weighted by Gasteiger charge is -2.14. The second kappa shape index (κ2) is 9.66. The van der Waals surface area contributed by atoms with Crippen LogP contribution in [0.15, 0.2) is 90.5 Å². The molecule has 0 saturated carbocycles. The van der Waals surface area contributed by atoms with Crippen LogP contribution in [0.5, 0.6) is 5.75 Å². The zero-order chi connectivity index (χ0) is 23.4. The van der Waals surface area contributed by atoms with E-state index >= 15 is 0 Å². The largest absolute Gasteiger partial charge is 0.495 e. The Hall–Kier alpha value is -3.33. The van der Waals surface area contributed by atoms with Gasteiger partial charge in [0.15, 0.2) is 0 Å². The molecule has 2 N–H and O–H groups in total. The number of hydrogen-bond acceptors (Lipinski definition) is 6. The summed E-state index contributed by atoms with van der Waals surface area (Å²) in [5, 5.41) is 4.56. The topological polar surface area (TPSA) is 80.3 Å². The Morgan fingerprint density at radius 2 is 1.73 bits per heavy atom. The number of thiazole rings is 1. The van der Waals surface area contributed by atoms with Crippen LogP contribution in [0.3, 0.4) is 0 Å². The molecule has 3 aromatic carbocycles. The Bertz CT molecular complexity index is 1390. The Morgan fingerprint density at radius 1 is 1.03 bits per heavy atom. The maximum Gasteiger partial charge on any atom is 0.265 e. The Morgan fingerprint density at radius 3 is 2.42 bits per heavy atom. The molecular weight excluding hydrogens is 478 g/mol. The molecule has 33 heavy (non-hydrogen) atoms. The molecule has 4 rings (SSSR count). The molecule has 0 atom stereocenters. The van der Waals surface area contributed by atoms with Crippen LogP contribution in [0.1, 0.15) is 4.88 Å². The Labute approximate surface area is 201 Å². The van der Waals surface area contributed by atoms with E-state index in [0.717, 1.165) is 15.4 Å². The number of sulfonamides is 1. The molecule has 0 saturated heterocycles. The zero-order valence-corrected chi connectivity index (χ0v) is 20.0. The van der Waals surface area contributed by atoms with Gasteiger partial charge in [0.05, 0.1) is 17.7 Å². The van der Waals surface area contributed by atoms with E-state index < -0.39 is 10.0 Å². The summed E-state index contributed by atoms with van der Waals surface area (Å²) in [6.45, 7) is 4.09. The van der Waals surface area contributed by atoms with E-state index in [9.17, 15) is 8.42 Å². The average Bonchev–Trinajstić information content (AvgIpc) is 3.32. The Kier molecular flexibility index (Phi) is 6.69. The van der Waals surface area contributed by atoms with Crippen LogP contribution in [0.2, 0.25) is 5.02 Å². The first-order valence-corrected chi connectivity index (χ1v) is 12.5. The van der Waals surface area contributed by atoms with Crippen molar-refractivity contribution in [2.75, 3.05) is 17.1 Å². The van der Waals surface area contributed by atoms with Gasteiger partial charge in [0.2, 0.25) is 0 Å². The van der Waals surface area contributed by atoms with Crippen molar-refractivity contribution in [3.05, 3.63) is 95.5 Å². The van der Waals surface area contributed by atoms with Gasteiger partial charge in [-0.25, -0.2) is 13.4 Å². The monoisotopic (exact) mass is 497 g/mol. The number of rotatable bonds is 8. The number of methoxy groups -OCH3 is 1. The number of nitrogens with one attached hydrogen (secondary N) is 2. The van der Waals surface area contributed by atoms with Crippen molar-refractivity contribution in [1.82, 2.24) is 4.98 Å². The molecule has 0 radical (unpaired) electrons. The van der Waals surface area contributed by atoms with Crippen LogP contribution in [0.4, 0.5) is 11.4 Å². The van der Waals surface area contributed by atoms with Gasteiger partial charge in [-0.15, -0.1) is 11.3 Å². The third-order valence-electron chi connectivity index (χ3n) is 4.67. The van der Waals surface area contributed by atoms with Gasteiger partial charge >= 0.3 is 0 Å². The maximum absolute atomic E-state index is 13.1. The van der Waals surface area contributed by atoms with Crippen molar-refractivity contribution in [2.24, 2.45) is 0 Å². The third-order valence-corrected chi connectivity index (χ3v) is 7.43. The molecule has 9 heteroatoms. The molecule has 0 bridgehead atoms. The lowest BCUT2D eigenvalue weighted by atomic mass is 10.2. The lowest BCUT2D eigenvalue weighted by Crippen LogP contribution is -2.14. The number of nitrogens with zero attached hydrogens (tertiary/aromatic N) is 1. The molecule has 0 aliphatic heterocycles. The van der Waals surface area contributed by atoms with Crippen LogP contribution in [-0.2, 0) is 10.0 Å². The van der Waals surface area contributed by atoms with Gasteiger partial charge in [0.25, 0.3) is 10.0 Å². The molecular formula is C24H20ClN3O3S2. The number of benzene rings is 3. The second-order valence-corrected chi connectivity index (χ2v) is 10.1. The third kappa shape index (κ3) is 5.36. The van der Waals surface area contributed by atoms with Gasteiger partial charge in [0.1, 0.15) is 15.7 Å². The van der Waals surface area contributed by atoms with E-state index in [1.165, 1.54) is 24.5 Å². The van der Waals surface area contributed by atoms with E-state index in [1.807, 2.05) is 30.3 Å². The maximum atomic E-state index is 13.1. The minimum absolute atomic E-state index is 0.00738. The van der Waals surface area contributed by atoms with Crippen LogP contribution < -0.4 is 14.8 Å². The van der Waals surface area contributed by atoms with Crippen LogP contribution in [-0.4, -0.2) is 20.5 Å². The highest BCUT2D eigenvalue weighted by atomic mass is 35.5. The van der Waals surface area contributed by atoms with E-state index in [4.69, 9.17) is 16.3 Å². The van der Waals surface area contributed by atoms with Crippen molar-refractivity contribution in [3.8, 4) is 16.3 Å². The number of halogens is 1. The Balaban J connectivity index is 1.57. The summed E-state index contributed by atoms with van der Waals surface area (Å²) in [7, 11) is -2.50. The van der Waals surface area contributed by atoms with Crippen LogP contribution in [0.25, 0.3) is 16.3 Å². The minimum atomic E-state index is -3.92. The van der Waals surface area contributed by atoms with E-state index in [0.29, 0.717) is 22.1 Å². The van der Waals surface area contributed by atoms with Gasteiger partial charge < -0.3 is 10.1 Å². The van der Waals surface area contributed by atoms with E-state index in [2.05, 4.69) is 21.6 Å². The molecule has 1 heterocycles. The van der Waals surface area contributed by atoms with Crippen molar-refractivity contribution in [3.63, 3.8) is 0 Å². The summed E-state index contributed by atoms with van der Waals surface area (Å²) >= 11 is 7.38. The fourth-order valence-corrected chi connectivity index (χ4v) is 5.28. The standard InChI is InChI=1S/C24H20ClN3O3S2/c1-16(22-15-26-24(32-22)17-6-4-3-5-7-17)27-20-12-13-21(31-2)23(14-20)33(29,30)28-19-10-8-18(25)9-11-19/h3-15,27-28H,1H2,2H3. The molecule has 4 aromatic rings. The smallest absolute Gasteiger partial charge is 0.265 e. The van der Waals surface area contributed by atoms with Gasteiger partial charge in [-0.3, -0.25) is 4.72 Å². The lowest BCUT2D eigenvalue weighted by molar-refractivity contribution is 0.403. The summed E-state index contributed by atoms with van der Waals surface area (Å²) < 4.78 is 33.9. The van der Waals surface area contributed by atoms with Crippen molar-refractivity contribution in [2.45, 2.75) is 4.90 Å². The first-order chi connectivity index (χ1) is 15.9. The minimum Gasteiger partial charge on any atom is -0.495 e. The first-order valence-electron chi connectivity index (χ1n) is 9.80. The van der Waals surface area contributed by atoms with Crippen molar-refractivity contribution >= 4 is 50.0 Å². The van der Waals surface area contributed by atoms with Crippen LogP contribution in [0, 0.1) is 0 Å². The zero-order valence-electron chi connectivity index (χ0n) is 17.6. The van der Waals surface area contributed by atoms with Gasteiger partial charge in [-0.2, -0.15) is 0 Å². The van der Waals surface area contributed by atoms with Crippen molar-refractivity contribution in [1.29, 1.82) is 0 Å². The number of anilines is 2.